The molecule has 2 N–H and O–H groups in total. The first kappa shape index (κ1) is 25.3. The number of alkyl halides is 2. The van der Waals surface area contributed by atoms with Gasteiger partial charge in [0.25, 0.3) is 5.91 Å². The molecule has 8 nitrogen and oxygen atoms in total. The van der Waals surface area contributed by atoms with Crippen LogP contribution in [0.25, 0.3) is 0 Å². The molecule has 0 aliphatic carbocycles. The largest absolute Gasteiger partial charge is 0.377 e. The van der Waals surface area contributed by atoms with E-state index < -0.39 is 46.9 Å². The van der Waals surface area contributed by atoms with E-state index in [4.69, 9.17) is 0 Å². The van der Waals surface area contributed by atoms with Crippen LogP contribution in [0.15, 0.2) is 53.8 Å². The number of amides is 1. The normalized spacial score (nSPS) is 17.1. The van der Waals surface area contributed by atoms with Gasteiger partial charge in [-0.1, -0.05) is 22.4 Å². The average Bonchev–Trinajstić information content (AvgIpc) is 3.54. The van der Waals surface area contributed by atoms with Crippen molar-refractivity contribution >= 4 is 17.7 Å². The molecule has 0 bridgehead atoms. The van der Waals surface area contributed by atoms with E-state index in [2.05, 4.69) is 32.4 Å². The Balaban J connectivity index is 1.61. The molecule has 0 saturated heterocycles. The van der Waals surface area contributed by atoms with Crippen molar-refractivity contribution in [3.63, 3.8) is 0 Å². The smallest absolute Gasteiger partial charge is 0.323 e. The number of carbonyl (C=O) groups is 1. The Hall–Kier alpha value is -3.83. The first-order valence-electron chi connectivity index (χ1n) is 10.2. The van der Waals surface area contributed by atoms with E-state index >= 15 is 8.78 Å². The monoisotopic (exact) mass is 522 g/mol. The highest BCUT2D eigenvalue weighted by atomic mass is 32.2. The third-order valence-corrected chi connectivity index (χ3v) is 6.44. The first-order chi connectivity index (χ1) is 17.1. The predicted octanol–water partition coefficient (Wildman–Crippen LogP) is 2.77. The van der Waals surface area contributed by atoms with Gasteiger partial charge in [-0.3, -0.25) is 9.78 Å². The van der Waals surface area contributed by atoms with Gasteiger partial charge in [-0.25, -0.2) is 13.5 Å². The zero-order valence-corrected chi connectivity index (χ0v) is 18.8. The lowest BCUT2D eigenvalue weighted by Gasteiger charge is -2.35. The second-order valence-electron chi connectivity index (χ2n) is 7.60. The third kappa shape index (κ3) is 4.93. The molecule has 1 amide bonds. The van der Waals surface area contributed by atoms with E-state index in [1.54, 1.807) is 0 Å². The van der Waals surface area contributed by atoms with Gasteiger partial charge in [-0.15, -0.1) is 16.9 Å². The number of halogens is 5. The van der Waals surface area contributed by atoms with E-state index in [0.29, 0.717) is 18.6 Å². The van der Waals surface area contributed by atoms with Crippen molar-refractivity contribution in [2.24, 2.45) is 0 Å². The van der Waals surface area contributed by atoms with E-state index in [0.717, 1.165) is 46.6 Å². The molecule has 1 aromatic carbocycles. The number of aromatic nitrogens is 5. The van der Waals surface area contributed by atoms with Crippen molar-refractivity contribution in [3.8, 4) is 11.8 Å². The molecule has 0 fully saturated rings. The zero-order chi connectivity index (χ0) is 25.9. The van der Waals surface area contributed by atoms with Crippen LogP contribution < -0.4 is 5.54 Å². The molecular weight excluding hydrogens is 507 g/mol. The topological polar surface area (TPSA) is 106 Å². The second-order valence-corrected chi connectivity index (χ2v) is 8.85. The quantitative estimate of drug-likeness (QED) is 0.291. The number of thioether (sulfide) groups is 1. The van der Waals surface area contributed by atoms with Crippen LogP contribution in [0.3, 0.4) is 0 Å². The van der Waals surface area contributed by atoms with Gasteiger partial charge < -0.3 is 5.11 Å². The summed E-state index contributed by atoms with van der Waals surface area (Å²) in [7, 11) is 0. The SMILES string of the molecule is O=C(NF)C1=CCC(C#Cc2ccc(C(F)(F)C(O)(Cn3cnnn3)c3ccc(F)cc3F)nc2)S1. The standard InChI is InChI=1S/C22H15F5N6O2S/c23-14-3-6-16(17(24)9-14)21(35,11-33-12-29-31-32-33)22(25,26)19-8-2-13(10-28-19)1-4-15-5-7-18(36-15)20(34)30-27/h2-3,6-10,12,15,35H,5,11H2,(H,30,34). The molecule has 2 atom stereocenters. The van der Waals surface area contributed by atoms with Gasteiger partial charge in [0.15, 0.2) is 5.60 Å². The molecule has 36 heavy (non-hydrogen) atoms. The molecule has 4 rings (SSSR count). The van der Waals surface area contributed by atoms with Gasteiger partial charge in [-0.2, -0.15) is 14.3 Å². The molecule has 0 radical (unpaired) electrons. The molecular formula is C22H15F5N6O2S. The molecule has 3 heterocycles. The van der Waals surface area contributed by atoms with Crippen LogP contribution in [0.4, 0.5) is 22.0 Å². The fraction of sp³-hybridized carbons (Fsp3) is 0.227. The minimum Gasteiger partial charge on any atom is -0.377 e. The van der Waals surface area contributed by atoms with Crippen LogP contribution >= 0.6 is 11.8 Å². The number of aliphatic hydroxyl groups is 1. The molecule has 2 aromatic heterocycles. The maximum absolute atomic E-state index is 15.7. The van der Waals surface area contributed by atoms with Gasteiger partial charge in [0.2, 0.25) is 0 Å². The molecule has 1 aliphatic heterocycles. The second kappa shape index (κ2) is 10.0. The summed E-state index contributed by atoms with van der Waals surface area (Å²) in [5.74, 6) is -1.90. The number of carbonyl (C=O) groups excluding carboxylic acids is 1. The molecule has 1 aliphatic rings. The number of nitrogens with zero attached hydrogens (tertiary/aromatic N) is 5. The number of nitrogens with one attached hydrogen (secondary N) is 1. The van der Waals surface area contributed by atoms with Gasteiger partial charge in [0.05, 0.1) is 16.7 Å². The van der Waals surface area contributed by atoms with Crippen molar-refractivity contribution < 1.29 is 31.9 Å². The Morgan fingerprint density at radius 1 is 1.28 bits per heavy atom. The maximum atomic E-state index is 15.7. The predicted molar refractivity (Wildman–Crippen MR) is 116 cm³/mol. The summed E-state index contributed by atoms with van der Waals surface area (Å²) in [5, 5.41) is 20.9. The van der Waals surface area contributed by atoms with Gasteiger partial charge in [0.1, 0.15) is 23.7 Å². The van der Waals surface area contributed by atoms with Crippen molar-refractivity contribution in [1.29, 1.82) is 0 Å². The summed E-state index contributed by atoms with van der Waals surface area (Å²) in [4.78, 5) is 15.2. The highest BCUT2D eigenvalue weighted by Crippen LogP contribution is 2.46. The lowest BCUT2D eigenvalue weighted by atomic mass is 9.84. The molecule has 14 heteroatoms. The van der Waals surface area contributed by atoms with Gasteiger partial charge in [-0.05, 0) is 41.1 Å². The number of pyridine rings is 1. The highest BCUT2D eigenvalue weighted by Gasteiger charge is 2.58. The molecule has 0 saturated carbocycles. The van der Waals surface area contributed by atoms with E-state index in [1.807, 2.05) is 0 Å². The lowest BCUT2D eigenvalue weighted by molar-refractivity contribution is -0.207. The van der Waals surface area contributed by atoms with Crippen molar-refractivity contribution in [3.05, 3.63) is 82.3 Å². The minimum absolute atomic E-state index is 0.180. The summed E-state index contributed by atoms with van der Waals surface area (Å²) < 4.78 is 72.4. The highest BCUT2D eigenvalue weighted by molar-refractivity contribution is 8.05. The van der Waals surface area contributed by atoms with Gasteiger partial charge >= 0.3 is 5.92 Å². The minimum atomic E-state index is -4.19. The molecule has 0 spiro atoms. The Kier molecular flexibility index (Phi) is 7.04. The molecule has 3 aromatic rings. The molecule has 2 unspecified atom stereocenters. The maximum Gasteiger partial charge on any atom is 0.323 e. The Labute approximate surface area is 204 Å². The number of allylic oxidation sites excluding steroid dienone is 1. The van der Waals surface area contributed by atoms with Crippen molar-refractivity contribution in [2.75, 3.05) is 0 Å². The number of tetrazole rings is 1. The van der Waals surface area contributed by atoms with Crippen LogP contribution in [0.2, 0.25) is 0 Å². The van der Waals surface area contributed by atoms with Crippen LogP contribution in [-0.2, 0) is 22.9 Å². The summed E-state index contributed by atoms with van der Waals surface area (Å²) in [6.45, 7) is -0.973. The zero-order valence-electron chi connectivity index (χ0n) is 18.0. The van der Waals surface area contributed by atoms with Gasteiger partial charge in [0, 0.05) is 23.4 Å². The summed E-state index contributed by atoms with van der Waals surface area (Å²) in [6, 6.07) is 3.97. The summed E-state index contributed by atoms with van der Waals surface area (Å²) in [6.07, 6.45) is 3.91. The fourth-order valence-electron chi connectivity index (χ4n) is 3.44. The number of hydrogen-bond donors (Lipinski definition) is 2. The van der Waals surface area contributed by atoms with Crippen molar-refractivity contribution in [1.82, 2.24) is 30.7 Å². The van der Waals surface area contributed by atoms with E-state index in [-0.39, 0.29) is 15.7 Å². The van der Waals surface area contributed by atoms with E-state index in [9.17, 15) is 23.2 Å². The number of rotatable bonds is 6. The fourth-order valence-corrected chi connectivity index (χ4v) is 4.39. The van der Waals surface area contributed by atoms with Crippen molar-refractivity contribution in [2.45, 2.75) is 29.7 Å². The Morgan fingerprint density at radius 2 is 2.08 bits per heavy atom. The number of benzene rings is 1. The summed E-state index contributed by atoms with van der Waals surface area (Å²) in [5.41, 5.74) is -3.76. The summed E-state index contributed by atoms with van der Waals surface area (Å²) >= 11 is 1.06. The molecule has 186 valence electrons. The number of hydrogen-bond acceptors (Lipinski definition) is 7. The lowest BCUT2D eigenvalue weighted by Crippen LogP contribution is -2.48. The van der Waals surface area contributed by atoms with Crippen LogP contribution in [0.1, 0.15) is 23.2 Å². The average molecular weight is 522 g/mol. The van der Waals surface area contributed by atoms with Crippen LogP contribution in [-0.4, -0.2) is 41.5 Å². The van der Waals surface area contributed by atoms with E-state index in [1.165, 1.54) is 12.1 Å². The van der Waals surface area contributed by atoms with Crippen LogP contribution in [0.5, 0.6) is 0 Å². The van der Waals surface area contributed by atoms with Crippen LogP contribution in [0, 0.1) is 23.5 Å². The Morgan fingerprint density at radius 3 is 2.72 bits per heavy atom. The third-order valence-electron chi connectivity index (χ3n) is 5.24. The Bertz CT molecular complexity index is 1360. The first-order valence-corrected chi connectivity index (χ1v) is 11.0.